The third-order valence-corrected chi connectivity index (χ3v) is 7.40. The van der Waals surface area contributed by atoms with E-state index in [1.54, 1.807) is 30.5 Å². The Kier molecular flexibility index (Phi) is 5.85. The Morgan fingerprint density at radius 3 is 2.73 bits per heavy atom. The number of hydrogen-bond acceptors (Lipinski definition) is 6. The van der Waals surface area contributed by atoms with Crippen LogP contribution in [0, 0.1) is 17.2 Å². The molecule has 1 aliphatic carbocycles. The SMILES string of the molecule is N#Cc1c(-c2ccnc(NC(=O)C3CCC3)c2)sc(-c2nnc[nH]2)c1-c1ccc(Cl)cc1Cl. The van der Waals surface area contributed by atoms with Crippen LogP contribution < -0.4 is 5.32 Å². The van der Waals surface area contributed by atoms with Gasteiger partial charge in [0, 0.05) is 33.3 Å². The molecule has 1 aromatic carbocycles. The van der Waals surface area contributed by atoms with E-state index in [4.69, 9.17) is 23.2 Å². The molecule has 5 rings (SSSR count). The average Bonchev–Trinajstić information content (AvgIpc) is 3.40. The average molecular weight is 495 g/mol. The molecule has 1 saturated carbocycles. The molecule has 10 heteroatoms. The predicted molar refractivity (Wildman–Crippen MR) is 129 cm³/mol. The zero-order valence-electron chi connectivity index (χ0n) is 17.1. The van der Waals surface area contributed by atoms with E-state index in [0.717, 1.165) is 29.7 Å². The number of nitrogens with zero attached hydrogens (tertiary/aromatic N) is 4. The lowest BCUT2D eigenvalue weighted by molar-refractivity contribution is -0.122. The van der Waals surface area contributed by atoms with E-state index in [2.05, 4.69) is 31.6 Å². The minimum Gasteiger partial charge on any atom is -0.327 e. The third kappa shape index (κ3) is 4.11. The Bertz CT molecular complexity index is 1390. The molecule has 164 valence electrons. The Labute approximate surface area is 203 Å². The molecule has 3 aromatic heterocycles. The van der Waals surface area contributed by atoms with Crippen molar-refractivity contribution in [3.05, 3.63) is 58.5 Å². The van der Waals surface area contributed by atoms with Gasteiger partial charge in [-0.05, 0) is 42.7 Å². The van der Waals surface area contributed by atoms with Gasteiger partial charge < -0.3 is 10.3 Å². The topological polar surface area (TPSA) is 107 Å². The molecule has 0 spiro atoms. The fourth-order valence-corrected chi connectivity index (χ4v) is 5.42. The molecule has 0 unspecified atom stereocenters. The molecule has 0 saturated heterocycles. The van der Waals surface area contributed by atoms with E-state index < -0.39 is 0 Å². The molecule has 33 heavy (non-hydrogen) atoms. The van der Waals surface area contributed by atoms with Crippen LogP contribution in [0.15, 0.2) is 42.9 Å². The van der Waals surface area contributed by atoms with Gasteiger partial charge in [0.25, 0.3) is 0 Å². The summed E-state index contributed by atoms with van der Waals surface area (Å²) in [6.07, 6.45) is 5.98. The lowest BCUT2D eigenvalue weighted by Crippen LogP contribution is -2.28. The Morgan fingerprint density at radius 2 is 2.06 bits per heavy atom. The van der Waals surface area contributed by atoms with Crippen LogP contribution in [-0.2, 0) is 4.79 Å². The van der Waals surface area contributed by atoms with E-state index >= 15 is 0 Å². The number of H-pyrrole nitrogens is 1. The summed E-state index contributed by atoms with van der Waals surface area (Å²) in [7, 11) is 0. The lowest BCUT2D eigenvalue weighted by atomic mass is 9.85. The van der Waals surface area contributed by atoms with E-state index in [0.29, 0.717) is 43.3 Å². The van der Waals surface area contributed by atoms with Crippen LogP contribution in [0.5, 0.6) is 0 Å². The minimum absolute atomic E-state index is 0.0198. The van der Waals surface area contributed by atoms with Crippen LogP contribution >= 0.6 is 34.5 Å². The highest BCUT2D eigenvalue weighted by molar-refractivity contribution is 7.19. The summed E-state index contributed by atoms with van der Waals surface area (Å²) >= 11 is 14.0. The van der Waals surface area contributed by atoms with Crippen molar-refractivity contribution < 1.29 is 4.79 Å². The largest absolute Gasteiger partial charge is 0.327 e. The van der Waals surface area contributed by atoms with Crippen molar-refractivity contribution in [1.82, 2.24) is 20.2 Å². The van der Waals surface area contributed by atoms with Crippen LogP contribution in [0.4, 0.5) is 5.82 Å². The highest BCUT2D eigenvalue weighted by Crippen LogP contribution is 2.48. The number of benzene rings is 1. The fourth-order valence-electron chi connectivity index (χ4n) is 3.71. The molecule has 1 aliphatic rings. The van der Waals surface area contributed by atoms with Crippen molar-refractivity contribution in [2.45, 2.75) is 19.3 Å². The zero-order chi connectivity index (χ0) is 22.9. The summed E-state index contributed by atoms with van der Waals surface area (Å²) in [4.78, 5) is 21.1. The van der Waals surface area contributed by atoms with Gasteiger partial charge in [0.05, 0.1) is 15.3 Å². The highest BCUT2D eigenvalue weighted by atomic mass is 35.5. The lowest BCUT2D eigenvalue weighted by Gasteiger charge is -2.23. The molecule has 1 amide bonds. The summed E-state index contributed by atoms with van der Waals surface area (Å²) in [6.45, 7) is 0. The maximum absolute atomic E-state index is 12.4. The number of carbonyl (C=O) groups is 1. The summed E-state index contributed by atoms with van der Waals surface area (Å²) in [5.41, 5.74) is 2.51. The second-order valence-electron chi connectivity index (χ2n) is 7.63. The molecule has 0 radical (unpaired) electrons. The Hall–Kier alpha value is -3.25. The Balaban J connectivity index is 1.64. The van der Waals surface area contributed by atoms with Crippen LogP contribution in [0.2, 0.25) is 10.0 Å². The number of anilines is 1. The highest BCUT2D eigenvalue weighted by Gasteiger charge is 2.27. The first-order valence-corrected chi connectivity index (χ1v) is 11.8. The van der Waals surface area contributed by atoms with Crippen molar-refractivity contribution in [3.8, 4) is 38.3 Å². The van der Waals surface area contributed by atoms with Gasteiger partial charge in [0.2, 0.25) is 5.91 Å². The standard InChI is InChI=1S/C23H16Cl2N6OS/c24-14-4-5-15(17(25)9-14)19-16(10-26)20(33-21(19)22-28-11-29-31-22)13-6-7-27-18(8-13)30-23(32)12-2-1-3-12/h4-9,11-12H,1-3H2,(H,27,30,32)(H,28,29,31). The van der Waals surface area contributed by atoms with Crippen molar-refractivity contribution in [2.24, 2.45) is 5.92 Å². The van der Waals surface area contributed by atoms with E-state index in [1.807, 2.05) is 6.07 Å². The van der Waals surface area contributed by atoms with Gasteiger partial charge in [-0.2, -0.15) is 5.26 Å². The fraction of sp³-hybridized carbons (Fsp3) is 0.174. The molecule has 7 nitrogen and oxygen atoms in total. The van der Waals surface area contributed by atoms with Crippen molar-refractivity contribution in [3.63, 3.8) is 0 Å². The first-order chi connectivity index (χ1) is 16.0. The van der Waals surface area contributed by atoms with Gasteiger partial charge in [-0.1, -0.05) is 35.7 Å². The first-order valence-electron chi connectivity index (χ1n) is 10.2. The maximum atomic E-state index is 12.4. The summed E-state index contributed by atoms with van der Waals surface area (Å²) in [6, 6.07) is 11.1. The monoisotopic (exact) mass is 494 g/mol. The number of carbonyl (C=O) groups excluding carboxylic acids is 1. The van der Waals surface area contributed by atoms with Crippen molar-refractivity contribution in [2.75, 3.05) is 5.32 Å². The Morgan fingerprint density at radius 1 is 1.21 bits per heavy atom. The van der Waals surface area contributed by atoms with Crippen molar-refractivity contribution >= 4 is 46.3 Å². The normalized spacial score (nSPS) is 13.4. The predicted octanol–water partition coefficient (Wildman–Crippen LogP) is 6.18. The number of amides is 1. The van der Waals surface area contributed by atoms with Gasteiger partial charge >= 0.3 is 0 Å². The molecule has 0 atom stereocenters. The van der Waals surface area contributed by atoms with Crippen LogP contribution in [0.3, 0.4) is 0 Å². The summed E-state index contributed by atoms with van der Waals surface area (Å²) in [5.74, 6) is 1.00. The quantitative estimate of drug-likeness (QED) is 0.344. The van der Waals surface area contributed by atoms with E-state index in [9.17, 15) is 10.1 Å². The number of aromatic nitrogens is 4. The molecular formula is C23H16Cl2N6OS. The maximum Gasteiger partial charge on any atom is 0.228 e. The van der Waals surface area contributed by atoms with E-state index in [1.165, 1.54) is 17.7 Å². The smallest absolute Gasteiger partial charge is 0.228 e. The third-order valence-electron chi connectivity index (χ3n) is 5.60. The number of nitriles is 1. The number of halogens is 2. The zero-order valence-corrected chi connectivity index (χ0v) is 19.4. The molecular weight excluding hydrogens is 479 g/mol. The molecule has 1 fully saturated rings. The summed E-state index contributed by atoms with van der Waals surface area (Å²) in [5, 5.41) is 22.0. The molecule has 2 N–H and O–H groups in total. The number of thiophene rings is 1. The summed E-state index contributed by atoms with van der Waals surface area (Å²) < 4.78 is 0. The number of pyridine rings is 1. The molecule has 0 aliphatic heterocycles. The van der Waals surface area contributed by atoms with Gasteiger partial charge in [-0.3, -0.25) is 4.79 Å². The van der Waals surface area contributed by atoms with Gasteiger partial charge in [0.15, 0.2) is 5.82 Å². The minimum atomic E-state index is -0.0198. The second-order valence-corrected chi connectivity index (χ2v) is 9.49. The number of nitrogens with one attached hydrogen (secondary N) is 2. The molecule has 0 bridgehead atoms. The van der Waals surface area contributed by atoms with Gasteiger partial charge in [-0.25, -0.2) is 4.98 Å². The second kappa shape index (κ2) is 8.94. The van der Waals surface area contributed by atoms with E-state index in [-0.39, 0.29) is 11.8 Å². The van der Waals surface area contributed by atoms with Crippen LogP contribution in [0.25, 0.3) is 32.3 Å². The molecule has 3 heterocycles. The van der Waals surface area contributed by atoms with Crippen molar-refractivity contribution in [1.29, 1.82) is 5.26 Å². The van der Waals surface area contributed by atoms with Crippen LogP contribution in [0.1, 0.15) is 24.8 Å². The number of hydrogen-bond donors (Lipinski definition) is 2. The first kappa shape index (κ1) is 21.6. The van der Waals surface area contributed by atoms with Crippen LogP contribution in [-0.4, -0.2) is 26.1 Å². The van der Waals surface area contributed by atoms with Gasteiger partial charge in [-0.15, -0.1) is 21.5 Å². The number of aromatic amines is 1. The molecule has 4 aromatic rings. The van der Waals surface area contributed by atoms with Gasteiger partial charge in [0.1, 0.15) is 18.2 Å². The number of rotatable bonds is 5.